The van der Waals surface area contributed by atoms with Gasteiger partial charge < -0.3 is 9.52 Å². The molecule has 1 aliphatic rings. The molecular weight excluding hydrogens is 140 g/mol. The largest absolute Gasteiger partial charge is 0.469 e. The lowest BCUT2D eigenvalue weighted by atomic mass is 10.0. The summed E-state index contributed by atoms with van der Waals surface area (Å²) in [7, 11) is 0. The van der Waals surface area contributed by atoms with Crippen molar-refractivity contribution in [2.24, 2.45) is 0 Å². The predicted molar refractivity (Wildman–Crippen MR) is 41.3 cm³/mol. The number of furan rings is 1. The minimum absolute atomic E-state index is 0.179. The average molecular weight is 152 g/mol. The van der Waals surface area contributed by atoms with Crippen molar-refractivity contribution in [2.75, 3.05) is 0 Å². The molecule has 2 atom stereocenters. The fourth-order valence-electron chi connectivity index (χ4n) is 1.77. The van der Waals surface area contributed by atoms with Crippen LogP contribution in [0.1, 0.15) is 30.9 Å². The van der Waals surface area contributed by atoms with E-state index >= 15 is 0 Å². The van der Waals surface area contributed by atoms with Gasteiger partial charge in [-0.1, -0.05) is 6.42 Å². The molecule has 1 aromatic heterocycles. The van der Waals surface area contributed by atoms with Crippen molar-refractivity contribution in [3.63, 3.8) is 0 Å². The highest BCUT2D eigenvalue weighted by Gasteiger charge is 2.28. The summed E-state index contributed by atoms with van der Waals surface area (Å²) in [5.74, 6) is 1.19. The van der Waals surface area contributed by atoms with Crippen LogP contribution in [0.5, 0.6) is 0 Å². The zero-order chi connectivity index (χ0) is 7.68. The Hall–Kier alpha value is -0.760. The first-order valence-corrected chi connectivity index (χ1v) is 4.09. The Labute approximate surface area is 65.8 Å². The minimum Gasteiger partial charge on any atom is -0.469 e. The van der Waals surface area contributed by atoms with Crippen LogP contribution in [0.25, 0.3) is 0 Å². The zero-order valence-corrected chi connectivity index (χ0v) is 6.36. The SMILES string of the molecule is OC1CCCC1c1ccco1. The Bertz CT molecular complexity index is 215. The fourth-order valence-corrected chi connectivity index (χ4v) is 1.77. The molecule has 2 rings (SSSR count). The third-order valence-electron chi connectivity index (χ3n) is 2.39. The van der Waals surface area contributed by atoms with Crippen molar-refractivity contribution in [3.8, 4) is 0 Å². The van der Waals surface area contributed by atoms with E-state index in [4.69, 9.17) is 4.42 Å². The van der Waals surface area contributed by atoms with Crippen LogP contribution >= 0.6 is 0 Å². The first-order chi connectivity index (χ1) is 5.38. The van der Waals surface area contributed by atoms with Gasteiger partial charge in [0.1, 0.15) is 5.76 Å². The van der Waals surface area contributed by atoms with Crippen LogP contribution in [0.2, 0.25) is 0 Å². The van der Waals surface area contributed by atoms with E-state index in [1.165, 1.54) is 0 Å². The van der Waals surface area contributed by atoms with Gasteiger partial charge in [0.15, 0.2) is 0 Å². The number of rotatable bonds is 1. The molecule has 0 amide bonds. The van der Waals surface area contributed by atoms with Gasteiger partial charge in [-0.05, 0) is 25.0 Å². The monoisotopic (exact) mass is 152 g/mol. The van der Waals surface area contributed by atoms with Crippen molar-refractivity contribution in [2.45, 2.75) is 31.3 Å². The van der Waals surface area contributed by atoms with Crippen LogP contribution in [0.15, 0.2) is 22.8 Å². The van der Waals surface area contributed by atoms with Crippen LogP contribution in [-0.4, -0.2) is 11.2 Å². The van der Waals surface area contributed by atoms with Gasteiger partial charge in [0.2, 0.25) is 0 Å². The van der Waals surface area contributed by atoms with E-state index < -0.39 is 0 Å². The highest BCUT2D eigenvalue weighted by molar-refractivity contribution is 5.09. The molecule has 1 aromatic rings. The normalized spacial score (nSPS) is 31.0. The molecule has 0 radical (unpaired) electrons. The second-order valence-electron chi connectivity index (χ2n) is 3.12. The molecule has 0 aromatic carbocycles. The van der Waals surface area contributed by atoms with Crippen molar-refractivity contribution < 1.29 is 9.52 Å². The van der Waals surface area contributed by atoms with Gasteiger partial charge in [0.05, 0.1) is 12.4 Å². The number of aliphatic hydroxyl groups excluding tert-OH is 1. The Morgan fingerprint density at radius 1 is 1.45 bits per heavy atom. The Balaban J connectivity index is 2.16. The summed E-state index contributed by atoms with van der Waals surface area (Å²) in [5.41, 5.74) is 0. The molecule has 1 heterocycles. The van der Waals surface area contributed by atoms with Crippen LogP contribution in [0.3, 0.4) is 0 Å². The summed E-state index contributed by atoms with van der Waals surface area (Å²) in [6.07, 6.45) is 4.59. The lowest BCUT2D eigenvalue weighted by Gasteiger charge is -2.09. The third kappa shape index (κ3) is 1.18. The molecule has 1 saturated carbocycles. The second-order valence-corrected chi connectivity index (χ2v) is 3.12. The molecule has 2 unspecified atom stereocenters. The van der Waals surface area contributed by atoms with Gasteiger partial charge in [-0.15, -0.1) is 0 Å². The average Bonchev–Trinajstić information content (AvgIpc) is 2.55. The molecule has 2 heteroatoms. The van der Waals surface area contributed by atoms with Crippen molar-refractivity contribution in [3.05, 3.63) is 24.2 Å². The molecule has 11 heavy (non-hydrogen) atoms. The van der Waals surface area contributed by atoms with Crippen molar-refractivity contribution in [1.82, 2.24) is 0 Å². The summed E-state index contributed by atoms with van der Waals surface area (Å²) in [6, 6.07) is 3.82. The van der Waals surface area contributed by atoms with Crippen LogP contribution in [0, 0.1) is 0 Å². The summed E-state index contributed by atoms with van der Waals surface area (Å²) >= 11 is 0. The standard InChI is InChI=1S/C9H12O2/c10-8-4-1-3-7(8)9-5-2-6-11-9/h2,5-8,10H,1,3-4H2. The van der Waals surface area contributed by atoms with Gasteiger partial charge in [0, 0.05) is 5.92 Å². The van der Waals surface area contributed by atoms with E-state index in [0.29, 0.717) is 0 Å². The molecule has 1 N–H and O–H groups in total. The summed E-state index contributed by atoms with van der Waals surface area (Å²) in [5, 5.41) is 9.50. The Kier molecular flexibility index (Phi) is 1.70. The van der Waals surface area contributed by atoms with Crippen LogP contribution in [-0.2, 0) is 0 Å². The molecular formula is C9H12O2. The van der Waals surface area contributed by atoms with E-state index in [1.807, 2.05) is 12.1 Å². The molecule has 2 nitrogen and oxygen atoms in total. The van der Waals surface area contributed by atoms with E-state index in [-0.39, 0.29) is 12.0 Å². The molecule has 60 valence electrons. The maximum atomic E-state index is 9.50. The second kappa shape index (κ2) is 2.70. The van der Waals surface area contributed by atoms with Crippen LogP contribution < -0.4 is 0 Å². The van der Waals surface area contributed by atoms with E-state index in [0.717, 1.165) is 25.0 Å². The van der Waals surface area contributed by atoms with Gasteiger partial charge in [0.25, 0.3) is 0 Å². The van der Waals surface area contributed by atoms with Crippen molar-refractivity contribution >= 4 is 0 Å². The van der Waals surface area contributed by atoms with Gasteiger partial charge in [-0.2, -0.15) is 0 Å². The quantitative estimate of drug-likeness (QED) is 0.666. The number of hydrogen-bond acceptors (Lipinski definition) is 2. The molecule has 0 saturated heterocycles. The molecule has 0 spiro atoms. The van der Waals surface area contributed by atoms with Gasteiger partial charge in [-0.3, -0.25) is 0 Å². The number of aliphatic hydroxyl groups is 1. The highest BCUT2D eigenvalue weighted by Crippen LogP contribution is 2.34. The van der Waals surface area contributed by atoms with Gasteiger partial charge in [-0.25, -0.2) is 0 Å². The summed E-state index contributed by atoms with van der Waals surface area (Å²) in [6.45, 7) is 0. The van der Waals surface area contributed by atoms with E-state index in [2.05, 4.69) is 0 Å². The van der Waals surface area contributed by atoms with Gasteiger partial charge >= 0.3 is 0 Å². The molecule has 0 aliphatic heterocycles. The fraction of sp³-hybridized carbons (Fsp3) is 0.556. The maximum absolute atomic E-state index is 9.50. The smallest absolute Gasteiger partial charge is 0.109 e. The number of hydrogen-bond donors (Lipinski definition) is 1. The highest BCUT2D eigenvalue weighted by atomic mass is 16.3. The maximum Gasteiger partial charge on any atom is 0.109 e. The molecule has 1 fully saturated rings. The topological polar surface area (TPSA) is 33.4 Å². The molecule has 1 aliphatic carbocycles. The molecule has 0 bridgehead atoms. The summed E-state index contributed by atoms with van der Waals surface area (Å²) in [4.78, 5) is 0. The third-order valence-corrected chi connectivity index (χ3v) is 2.39. The Morgan fingerprint density at radius 2 is 2.36 bits per heavy atom. The summed E-state index contributed by atoms with van der Waals surface area (Å²) < 4.78 is 5.23. The lowest BCUT2D eigenvalue weighted by molar-refractivity contribution is 0.154. The van der Waals surface area contributed by atoms with Crippen molar-refractivity contribution in [1.29, 1.82) is 0 Å². The zero-order valence-electron chi connectivity index (χ0n) is 6.36. The first kappa shape index (κ1) is 6.92. The minimum atomic E-state index is -0.179. The van der Waals surface area contributed by atoms with E-state index in [1.54, 1.807) is 6.26 Å². The Morgan fingerprint density at radius 3 is 2.91 bits per heavy atom. The van der Waals surface area contributed by atoms with Crippen LogP contribution in [0.4, 0.5) is 0 Å². The predicted octanol–water partition coefficient (Wildman–Crippen LogP) is 1.91. The lowest BCUT2D eigenvalue weighted by Crippen LogP contribution is -2.09. The first-order valence-electron chi connectivity index (χ1n) is 4.09. The van der Waals surface area contributed by atoms with E-state index in [9.17, 15) is 5.11 Å².